The molecule has 2 aromatic rings. The fourth-order valence-electron chi connectivity index (χ4n) is 1.75. The third kappa shape index (κ3) is 5.89. The normalized spacial score (nSPS) is 11.9. The number of hydrogen-bond acceptors (Lipinski definition) is 5. The molecule has 6 heteroatoms. The van der Waals surface area contributed by atoms with Crippen LogP contribution in [0.3, 0.4) is 0 Å². The summed E-state index contributed by atoms with van der Waals surface area (Å²) < 4.78 is 5.45. The number of nitrogens with zero attached hydrogens (tertiary/aromatic N) is 2. The first-order chi connectivity index (χ1) is 11.7. The summed E-state index contributed by atoms with van der Waals surface area (Å²) in [6, 6.07) is 13.0. The molecule has 2 rings (SSSR count). The zero-order valence-corrected chi connectivity index (χ0v) is 14.2. The molecule has 1 heterocycles. The van der Waals surface area contributed by atoms with E-state index in [0.717, 1.165) is 16.3 Å². The molecule has 0 bridgehead atoms. The first kappa shape index (κ1) is 17.7. The SMILES string of the molecule is C=CCOc1cccc(/C=N\NC(=O)[C@@H](C)Sc2ccccn2)c1. The van der Waals surface area contributed by atoms with Crippen molar-refractivity contribution in [2.24, 2.45) is 5.10 Å². The predicted molar refractivity (Wildman–Crippen MR) is 97.4 cm³/mol. The van der Waals surface area contributed by atoms with Crippen molar-refractivity contribution < 1.29 is 9.53 Å². The Morgan fingerprint density at radius 3 is 3.04 bits per heavy atom. The lowest BCUT2D eigenvalue weighted by atomic mass is 10.2. The molecule has 24 heavy (non-hydrogen) atoms. The van der Waals surface area contributed by atoms with Gasteiger partial charge in [0.05, 0.1) is 16.5 Å². The smallest absolute Gasteiger partial charge is 0.253 e. The van der Waals surface area contributed by atoms with Crippen molar-refractivity contribution in [1.29, 1.82) is 0 Å². The average Bonchev–Trinajstić information content (AvgIpc) is 2.61. The van der Waals surface area contributed by atoms with Crippen LogP contribution in [0.1, 0.15) is 12.5 Å². The van der Waals surface area contributed by atoms with Gasteiger partial charge in [-0.1, -0.05) is 42.6 Å². The summed E-state index contributed by atoms with van der Waals surface area (Å²) in [4.78, 5) is 16.2. The van der Waals surface area contributed by atoms with Crippen LogP contribution in [0, 0.1) is 0 Å². The second-order valence-electron chi connectivity index (χ2n) is 4.83. The van der Waals surface area contributed by atoms with Gasteiger partial charge >= 0.3 is 0 Å². The van der Waals surface area contributed by atoms with Crippen LogP contribution in [0.5, 0.6) is 5.75 Å². The summed E-state index contributed by atoms with van der Waals surface area (Å²) in [5, 5.41) is 4.50. The minimum atomic E-state index is -0.292. The topological polar surface area (TPSA) is 63.6 Å². The molecule has 0 aliphatic heterocycles. The van der Waals surface area contributed by atoms with E-state index < -0.39 is 0 Å². The van der Waals surface area contributed by atoms with Crippen LogP contribution >= 0.6 is 11.8 Å². The maximum atomic E-state index is 12.0. The van der Waals surface area contributed by atoms with E-state index in [-0.39, 0.29) is 11.2 Å². The molecular weight excluding hydrogens is 322 g/mol. The number of pyridine rings is 1. The second kappa shape index (κ2) is 9.52. The van der Waals surface area contributed by atoms with Crippen LogP contribution in [0.2, 0.25) is 0 Å². The van der Waals surface area contributed by atoms with Crippen LogP contribution in [0.15, 0.2) is 71.4 Å². The summed E-state index contributed by atoms with van der Waals surface area (Å²) in [6.45, 7) is 5.87. The second-order valence-corrected chi connectivity index (χ2v) is 6.20. The van der Waals surface area contributed by atoms with E-state index in [1.54, 1.807) is 18.5 Å². The lowest BCUT2D eigenvalue weighted by Gasteiger charge is -2.08. The lowest BCUT2D eigenvalue weighted by molar-refractivity contribution is -0.120. The van der Waals surface area contributed by atoms with Crippen LogP contribution in [-0.2, 0) is 4.79 Å². The van der Waals surface area contributed by atoms with Gasteiger partial charge in [-0.2, -0.15) is 5.10 Å². The predicted octanol–water partition coefficient (Wildman–Crippen LogP) is 3.28. The van der Waals surface area contributed by atoms with E-state index in [2.05, 4.69) is 22.1 Å². The van der Waals surface area contributed by atoms with E-state index in [1.807, 2.05) is 49.4 Å². The Hall–Kier alpha value is -2.60. The third-order valence-electron chi connectivity index (χ3n) is 2.92. The Bertz CT molecular complexity index is 704. The van der Waals surface area contributed by atoms with Crippen LogP contribution in [0.4, 0.5) is 0 Å². The number of rotatable bonds is 8. The number of aromatic nitrogens is 1. The quantitative estimate of drug-likeness (QED) is 0.346. The maximum Gasteiger partial charge on any atom is 0.253 e. The van der Waals surface area contributed by atoms with Crippen molar-refractivity contribution in [3.8, 4) is 5.75 Å². The number of carbonyl (C=O) groups excluding carboxylic acids is 1. The fraction of sp³-hybridized carbons (Fsp3) is 0.167. The summed E-state index contributed by atoms with van der Waals surface area (Å²) in [6.07, 6.45) is 4.96. The molecule has 1 aromatic heterocycles. The van der Waals surface area contributed by atoms with Gasteiger partial charge < -0.3 is 4.74 Å². The molecule has 0 aliphatic carbocycles. The van der Waals surface area contributed by atoms with Gasteiger partial charge in [0.15, 0.2) is 0 Å². The van der Waals surface area contributed by atoms with Crippen molar-refractivity contribution in [2.45, 2.75) is 17.2 Å². The largest absolute Gasteiger partial charge is 0.490 e. The van der Waals surface area contributed by atoms with Gasteiger partial charge in [-0.15, -0.1) is 0 Å². The van der Waals surface area contributed by atoms with E-state index in [9.17, 15) is 4.79 Å². The van der Waals surface area contributed by atoms with Gasteiger partial charge in [0.25, 0.3) is 5.91 Å². The average molecular weight is 341 g/mol. The number of hydrogen-bond donors (Lipinski definition) is 1. The van der Waals surface area contributed by atoms with E-state index in [0.29, 0.717) is 6.61 Å². The maximum absolute atomic E-state index is 12.0. The van der Waals surface area contributed by atoms with Gasteiger partial charge in [-0.3, -0.25) is 4.79 Å². The summed E-state index contributed by atoms with van der Waals surface area (Å²) in [5.74, 6) is 0.546. The number of benzene rings is 1. The minimum Gasteiger partial charge on any atom is -0.490 e. The van der Waals surface area contributed by atoms with Crippen molar-refractivity contribution in [1.82, 2.24) is 10.4 Å². The molecule has 0 fully saturated rings. The molecule has 1 aromatic carbocycles. The molecule has 1 N–H and O–H groups in total. The summed E-state index contributed by atoms with van der Waals surface area (Å²) in [5.41, 5.74) is 3.37. The van der Waals surface area contributed by atoms with Gasteiger partial charge in [0, 0.05) is 6.20 Å². The molecule has 124 valence electrons. The van der Waals surface area contributed by atoms with Gasteiger partial charge in [-0.25, -0.2) is 10.4 Å². The minimum absolute atomic E-state index is 0.180. The first-order valence-corrected chi connectivity index (χ1v) is 8.31. The molecule has 0 spiro atoms. The van der Waals surface area contributed by atoms with Crippen molar-refractivity contribution in [3.05, 3.63) is 66.9 Å². The lowest BCUT2D eigenvalue weighted by Crippen LogP contribution is -2.26. The standard InChI is InChI=1S/C18H19N3O2S/c1-3-11-23-16-8-6-7-15(12-16)13-20-21-18(22)14(2)24-17-9-4-5-10-19-17/h3-10,12-14H,1,11H2,2H3,(H,21,22)/b20-13-/t14-/m1/s1. The van der Waals surface area contributed by atoms with Crippen molar-refractivity contribution in [2.75, 3.05) is 6.61 Å². The Morgan fingerprint density at radius 1 is 1.42 bits per heavy atom. The highest BCUT2D eigenvalue weighted by Crippen LogP contribution is 2.20. The molecule has 0 radical (unpaired) electrons. The highest BCUT2D eigenvalue weighted by Gasteiger charge is 2.13. The number of hydrazone groups is 1. The molecule has 5 nitrogen and oxygen atoms in total. The Kier molecular flexibility index (Phi) is 7.04. The zero-order chi connectivity index (χ0) is 17.2. The zero-order valence-electron chi connectivity index (χ0n) is 13.4. The molecular formula is C18H19N3O2S. The van der Waals surface area contributed by atoms with Crippen LogP contribution in [0.25, 0.3) is 0 Å². The highest BCUT2D eigenvalue weighted by molar-refractivity contribution is 8.00. The van der Waals surface area contributed by atoms with E-state index in [1.165, 1.54) is 11.8 Å². The highest BCUT2D eigenvalue weighted by atomic mass is 32.2. The van der Waals surface area contributed by atoms with Gasteiger partial charge in [0.1, 0.15) is 12.4 Å². The van der Waals surface area contributed by atoms with Crippen LogP contribution < -0.4 is 10.2 Å². The first-order valence-electron chi connectivity index (χ1n) is 7.43. The molecule has 0 saturated heterocycles. The number of carbonyl (C=O) groups is 1. The molecule has 0 unspecified atom stereocenters. The molecule has 0 saturated carbocycles. The Labute approximate surface area is 145 Å². The summed E-state index contributed by atoms with van der Waals surface area (Å²) >= 11 is 1.38. The molecule has 1 atom stereocenters. The number of ether oxygens (including phenoxy) is 1. The Balaban J connectivity index is 1.86. The van der Waals surface area contributed by atoms with Gasteiger partial charge in [0.2, 0.25) is 0 Å². The number of nitrogens with one attached hydrogen (secondary N) is 1. The molecule has 1 amide bonds. The number of thioether (sulfide) groups is 1. The van der Waals surface area contributed by atoms with E-state index in [4.69, 9.17) is 4.74 Å². The van der Waals surface area contributed by atoms with Crippen LogP contribution in [-0.4, -0.2) is 29.0 Å². The van der Waals surface area contributed by atoms with Gasteiger partial charge in [-0.05, 0) is 36.8 Å². The molecule has 0 aliphatic rings. The summed E-state index contributed by atoms with van der Waals surface area (Å²) in [7, 11) is 0. The monoisotopic (exact) mass is 341 g/mol. The third-order valence-corrected chi connectivity index (χ3v) is 3.97. The van der Waals surface area contributed by atoms with E-state index >= 15 is 0 Å². The number of amides is 1. The Morgan fingerprint density at radius 2 is 2.29 bits per heavy atom. The van der Waals surface area contributed by atoms with Crippen molar-refractivity contribution in [3.63, 3.8) is 0 Å². The van der Waals surface area contributed by atoms with Crippen molar-refractivity contribution >= 4 is 23.9 Å². The fourth-order valence-corrected chi connectivity index (χ4v) is 2.55.